The van der Waals surface area contributed by atoms with Gasteiger partial charge in [0, 0.05) is 11.1 Å². The molecule has 3 aromatic rings. The number of hydrogen-bond donors (Lipinski definition) is 1. The molecule has 172 valence electrons. The van der Waals surface area contributed by atoms with Crippen molar-refractivity contribution in [2.24, 2.45) is 5.41 Å². The first-order valence-corrected chi connectivity index (χ1v) is 11.0. The van der Waals surface area contributed by atoms with Gasteiger partial charge in [-0.05, 0) is 29.3 Å². The zero-order chi connectivity index (χ0) is 24.8. The number of carbonyl (C=O) groups is 1. The van der Waals surface area contributed by atoms with Crippen LogP contribution in [-0.2, 0) is 6.18 Å². The predicted octanol–water partition coefficient (Wildman–Crippen LogP) is 4.70. The summed E-state index contributed by atoms with van der Waals surface area (Å²) in [6.07, 6.45) is -1.01. The van der Waals surface area contributed by atoms with Crippen molar-refractivity contribution in [3.63, 3.8) is 0 Å². The molecular formula is C28H19F3N3O+. The van der Waals surface area contributed by atoms with Gasteiger partial charge in [-0.15, -0.1) is 0 Å². The van der Waals surface area contributed by atoms with Crippen LogP contribution in [-0.4, -0.2) is 11.8 Å². The summed E-state index contributed by atoms with van der Waals surface area (Å²) in [7, 11) is 0. The van der Waals surface area contributed by atoms with E-state index in [1.165, 1.54) is 12.1 Å². The Balaban J connectivity index is 1.74. The molecule has 0 saturated carbocycles. The zero-order valence-electron chi connectivity index (χ0n) is 18.3. The topological polar surface area (TPSA) is 69.1 Å². The third-order valence-corrected chi connectivity index (χ3v) is 7.02. The Labute approximate surface area is 200 Å². The maximum atomic E-state index is 14.0. The lowest BCUT2D eigenvalue weighted by atomic mass is 9.67. The molecule has 1 saturated heterocycles. The highest BCUT2D eigenvalue weighted by atomic mass is 19.4. The fraction of sp³-hybridized carbons (Fsp3) is 0.179. The molecule has 1 unspecified atom stereocenters. The van der Waals surface area contributed by atoms with Crippen molar-refractivity contribution in [2.75, 3.05) is 0 Å². The maximum Gasteiger partial charge on any atom is 0.416 e. The second-order valence-corrected chi connectivity index (χ2v) is 8.80. The van der Waals surface area contributed by atoms with Crippen molar-refractivity contribution in [1.29, 1.82) is 10.5 Å². The third-order valence-electron chi connectivity index (χ3n) is 7.02. The fourth-order valence-electron chi connectivity index (χ4n) is 5.55. The van der Waals surface area contributed by atoms with Crippen LogP contribution in [0, 0.1) is 28.1 Å². The number of rotatable bonds is 3. The van der Waals surface area contributed by atoms with Gasteiger partial charge in [-0.1, -0.05) is 66.7 Å². The van der Waals surface area contributed by atoms with Crippen LogP contribution in [0.5, 0.6) is 0 Å². The van der Waals surface area contributed by atoms with E-state index in [1.807, 2.05) is 30.3 Å². The summed E-state index contributed by atoms with van der Waals surface area (Å²) in [5, 5.41) is 20.9. The summed E-state index contributed by atoms with van der Waals surface area (Å²) in [4.78, 5) is 14.5. The number of benzene rings is 3. The number of alkyl halides is 3. The van der Waals surface area contributed by atoms with Crippen LogP contribution in [0.15, 0.2) is 85.1 Å². The van der Waals surface area contributed by atoms with Gasteiger partial charge in [0.2, 0.25) is 11.2 Å². The van der Waals surface area contributed by atoms with E-state index in [1.54, 1.807) is 36.5 Å². The van der Waals surface area contributed by atoms with Crippen LogP contribution >= 0.6 is 0 Å². The molecule has 4 atom stereocenters. The van der Waals surface area contributed by atoms with Gasteiger partial charge in [0.15, 0.2) is 12.1 Å². The number of quaternary nitrogens is 1. The monoisotopic (exact) mass is 470 g/mol. The molecular weight excluding hydrogens is 451 g/mol. The molecule has 0 aromatic heterocycles. The van der Waals surface area contributed by atoms with Crippen LogP contribution in [0.25, 0.3) is 6.08 Å². The number of carbonyl (C=O) groups excluding carboxylic acids is 1. The highest BCUT2D eigenvalue weighted by Gasteiger charge is 2.68. The molecule has 0 aliphatic carbocycles. The highest BCUT2D eigenvalue weighted by molar-refractivity contribution is 6.00. The van der Waals surface area contributed by atoms with Crippen molar-refractivity contribution >= 4 is 11.9 Å². The summed E-state index contributed by atoms with van der Waals surface area (Å²) in [6.45, 7) is 0. The second-order valence-electron chi connectivity index (χ2n) is 8.80. The molecule has 2 aliphatic rings. The predicted molar refractivity (Wildman–Crippen MR) is 122 cm³/mol. The first kappa shape index (κ1) is 22.6. The standard InChI is InChI=1S/C28H18F3N3O/c29-28(30,31)21-11-6-10-20(15-21)25(35)24-23(19-8-2-1-3-9-19)27(16-32,17-33)26-22-12-5-4-7-18(22)13-14-34(24)26/h1-15,23-24,26H/p+1/t23-,24+,26-/m0/s1. The molecule has 0 bridgehead atoms. The van der Waals surface area contributed by atoms with Crippen LogP contribution < -0.4 is 4.90 Å². The van der Waals surface area contributed by atoms with Gasteiger partial charge in [-0.3, -0.25) is 9.69 Å². The number of nitrogens with one attached hydrogen (secondary N) is 1. The van der Waals surface area contributed by atoms with Crippen molar-refractivity contribution < 1.29 is 22.9 Å². The lowest BCUT2D eigenvalue weighted by Gasteiger charge is -2.29. The lowest BCUT2D eigenvalue weighted by molar-refractivity contribution is -0.885. The minimum atomic E-state index is -4.60. The normalized spacial score (nSPS) is 24.0. The fourth-order valence-corrected chi connectivity index (χ4v) is 5.55. The van der Waals surface area contributed by atoms with E-state index in [4.69, 9.17) is 0 Å². The molecule has 2 aliphatic heterocycles. The summed E-state index contributed by atoms with van der Waals surface area (Å²) in [5.74, 6) is -1.40. The number of nitriles is 2. The van der Waals surface area contributed by atoms with Crippen LogP contribution in [0.4, 0.5) is 13.2 Å². The van der Waals surface area contributed by atoms with Gasteiger partial charge in [-0.2, -0.15) is 23.7 Å². The molecule has 1 N–H and O–H groups in total. The molecule has 5 rings (SSSR count). The van der Waals surface area contributed by atoms with Crippen LogP contribution in [0.3, 0.4) is 0 Å². The number of Topliss-reactive ketones (excluding diaryl/α,β-unsaturated/α-hetero) is 1. The minimum Gasteiger partial charge on any atom is -0.291 e. The summed E-state index contributed by atoms with van der Waals surface area (Å²) >= 11 is 0. The van der Waals surface area contributed by atoms with Crippen molar-refractivity contribution in [3.05, 3.63) is 113 Å². The van der Waals surface area contributed by atoms with E-state index in [0.717, 1.165) is 23.3 Å². The number of nitrogens with zero attached hydrogens (tertiary/aromatic N) is 2. The van der Waals surface area contributed by atoms with E-state index in [2.05, 4.69) is 12.1 Å². The molecule has 0 spiro atoms. The van der Waals surface area contributed by atoms with Gasteiger partial charge in [0.05, 0.1) is 29.8 Å². The van der Waals surface area contributed by atoms with Gasteiger partial charge in [0.1, 0.15) is 0 Å². The number of hydrogen-bond acceptors (Lipinski definition) is 3. The average Bonchev–Trinajstić information content (AvgIpc) is 3.19. The largest absolute Gasteiger partial charge is 0.416 e. The Bertz CT molecular complexity index is 1400. The highest BCUT2D eigenvalue weighted by Crippen LogP contribution is 2.51. The van der Waals surface area contributed by atoms with Gasteiger partial charge >= 0.3 is 6.18 Å². The SMILES string of the molecule is N#CC1(C#N)[C@@H]2c3ccccc3C=C[NH+]2[C@@H](C(=O)c2cccc(C(F)(F)F)c2)[C@@H]1c1ccccc1. The van der Waals surface area contributed by atoms with Gasteiger partial charge in [-0.25, -0.2) is 0 Å². The number of fused-ring (bicyclic) bond motifs is 3. The molecule has 0 amide bonds. The second kappa shape index (κ2) is 8.23. The molecule has 1 fully saturated rings. The average molecular weight is 470 g/mol. The molecule has 4 nitrogen and oxygen atoms in total. The lowest BCUT2D eigenvalue weighted by Crippen LogP contribution is -3.11. The Morgan fingerprint density at radius 2 is 1.60 bits per heavy atom. The molecule has 7 heteroatoms. The number of halogens is 3. The van der Waals surface area contributed by atoms with Gasteiger partial charge in [0.25, 0.3) is 0 Å². The minimum absolute atomic E-state index is 0.101. The molecule has 3 aromatic carbocycles. The Morgan fingerprint density at radius 3 is 2.29 bits per heavy atom. The van der Waals surface area contributed by atoms with E-state index >= 15 is 0 Å². The third kappa shape index (κ3) is 3.44. The van der Waals surface area contributed by atoms with E-state index in [9.17, 15) is 28.5 Å². The number of ketones is 1. The molecule has 35 heavy (non-hydrogen) atoms. The van der Waals surface area contributed by atoms with E-state index in [-0.39, 0.29) is 5.56 Å². The van der Waals surface area contributed by atoms with Crippen molar-refractivity contribution in [3.8, 4) is 12.1 Å². The molecule has 2 heterocycles. The summed E-state index contributed by atoms with van der Waals surface area (Å²) in [5.41, 5.74) is -0.428. The van der Waals surface area contributed by atoms with E-state index in [0.29, 0.717) is 10.5 Å². The van der Waals surface area contributed by atoms with Crippen molar-refractivity contribution in [1.82, 2.24) is 0 Å². The van der Waals surface area contributed by atoms with Crippen LogP contribution in [0.1, 0.15) is 44.6 Å². The molecule has 0 radical (unpaired) electrons. The Kier molecular flexibility index (Phi) is 5.31. The maximum absolute atomic E-state index is 14.0. The summed E-state index contributed by atoms with van der Waals surface area (Å²) < 4.78 is 40.2. The Morgan fingerprint density at radius 1 is 0.914 bits per heavy atom. The van der Waals surface area contributed by atoms with Crippen molar-refractivity contribution in [2.45, 2.75) is 24.2 Å². The summed E-state index contributed by atoms with van der Waals surface area (Å²) in [6, 6.07) is 23.3. The zero-order valence-corrected chi connectivity index (χ0v) is 18.3. The first-order chi connectivity index (χ1) is 16.8. The quantitative estimate of drug-likeness (QED) is 0.565. The van der Waals surface area contributed by atoms with E-state index < -0.39 is 40.9 Å². The smallest absolute Gasteiger partial charge is 0.291 e. The first-order valence-electron chi connectivity index (χ1n) is 11.0. The van der Waals surface area contributed by atoms with Gasteiger partial charge < -0.3 is 0 Å². The van der Waals surface area contributed by atoms with Crippen LogP contribution in [0.2, 0.25) is 0 Å². The Hall–Kier alpha value is -4.20.